The maximum absolute atomic E-state index is 13.4. The molecule has 0 unspecified atom stereocenters. The fourth-order valence-corrected chi connectivity index (χ4v) is 3.43. The molecule has 0 aliphatic carbocycles. The van der Waals surface area contributed by atoms with Gasteiger partial charge in [-0.05, 0) is 48.6 Å². The van der Waals surface area contributed by atoms with Crippen LogP contribution in [0.5, 0.6) is 0 Å². The fraction of sp³-hybridized carbons (Fsp3) is 0.400. The number of aromatic nitrogens is 1. The molecule has 0 N–H and O–H groups in total. The van der Waals surface area contributed by atoms with E-state index in [4.69, 9.17) is 4.74 Å². The highest BCUT2D eigenvalue weighted by atomic mass is 19.1. The van der Waals surface area contributed by atoms with E-state index in [1.807, 2.05) is 29.2 Å². The molecule has 132 valence electrons. The second-order valence-corrected chi connectivity index (χ2v) is 6.49. The lowest BCUT2D eigenvalue weighted by molar-refractivity contribution is -0.135. The molecule has 0 bridgehead atoms. The maximum atomic E-state index is 13.4. The number of hydrogen-bond acceptors (Lipinski definition) is 3. The predicted molar refractivity (Wildman–Crippen MR) is 93.5 cm³/mol. The van der Waals surface area contributed by atoms with Crippen molar-refractivity contribution in [3.63, 3.8) is 0 Å². The third-order valence-corrected chi connectivity index (χ3v) is 4.80. The first-order chi connectivity index (χ1) is 12.2. The zero-order chi connectivity index (χ0) is 17.6. The van der Waals surface area contributed by atoms with Crippen LogP contribution in [-0.4, -0.2) is 42.1 Å². The Kier molecular flexibility index (Phi) is 5.76. The number of carbonyl (C=O) groups is 1. The van der Waals surface area contributed by atoms with Crippen LogP contribution in [0, 0.1) is 11.7 Å². The third-order valence-electron chi connectivity index (χ3n) is 4.80. The van der Waals surface area contributed by atoms with E-state index in [0.29, 0.717) is 19.5 Å². The van der Waals surface area contributed by atoms with E-state index in [0.717, 1.165) is 24.1 Å². The highest BCUT2D eigenvalue weighted by molar-refractivity contribution is 5.78. The van der Waals surface area contributed by atoms with Crippen molar-refractivity contribution in [2.24, 2.45) is 5.92 Å². The zero-order valence-electron chi connectivity index (χ0n) is 14.4. The summed E-state index contributed by atoms with van der Waals surface area (Å²) in [4.78, 5) is 18.6. The number of halogens is 1. The van der Waals surface area contributed by atoms with Gasteiger partial charge in [-0.15, -0.1) is 0 Å². The number of carbonyl (C=O) groups excluding carboxylic acids is 1. The summed E-state index contributed by atoms with van der Waals surface area (Å²) in [5, 5.41) is 0. The number of hydrogen-bond donors (Lipinski definition) is 0. The second kappa shape index (κ2) is 8.21. The van der Waals surface area contributed by atoms with E-state index in [9.17, 15) is 9.18 Å². The van der Waals surface area contributed by atoms with Gasteiger partial charge in [0.2, 0.25) is 5.91 Å². The van der Waals surface area contributed by atoms with Gasteiger partial charge in [0.1, 0.15) is 5.82 Å². The molecule has 1 aliphatic heterocycles. The maximum Gasteiger partial charge on any atom is 0.228 e. The number of piperidine rings is 1. The topological polar surface area (TPSA) is 42.4 Å². The summed E-state index contributed by atoms with van der Waals surface area (Å²) >= 11 is 0. The van der Waals surface area contributed by atoms with E-state index in [1.165, 1.54) is 6.07 Å². The molecule has 0 saturated carbocycles. The monoisotopic (exact) mass is 342 g/mol. The predicted octanol–water partition coefficient (Wildman–Crippen LogP) is 2.87. The van der Waals surface area contributed by atoms with Crippen molar-refractivity contribution >= 4 is 5.91 Å². The summed E-state index contributed by atoms with van der Waals surface area (Å²) in [5.41, 5.74) is 1.75. The van der Waals surface area contributed by atoms with Crippen LogP contribution in [0.15, 0.2) is 48.7 Å². The Morgan fingerprint density at radius 3 is 2.92 bits per heavy atom. The van der Waals surface area contributed by atoms with Crippen molar-refractivity contribution < 1.29 is 13.9 Å². The van der Waals surface area contributed by atoms with Crippen LogP contribution >= 0.6 is 0 Å². The van der Waals surface area contributed by atoms with Crippen molar-refractivity contribution in [2.75, 3.05) is 20.2 Å². The number of rotatable bonds is 5. The zero-order valence-corrected chi connectivity index (χ0v) is 14.4. The minimum absolute atomic E-state index is 0.0373. The summed E-state index contributed by atoms with van der Waals surface area (Å²) in [6.07, 6.45) is 3.59. The molecule has 1 amide bonds. The SMILES string of the molecule is CO[C@H]1CN(C(=O)Cc2ccccn2)CC[C@@H]1Cc1cccc(F)c1. The number of amides is 1. The number of ether oxygens (including phenoxy) is 1. The van der Waals surface area contributed by atoms with Gasteiger partial charge < -0.3 is 9.64 Å². The Morgan fingerprint density at radius 1 is 1.32 bits per heavy atom. The molecule has 25 heavy (non-hydrogen) atoms. The van der Waals surface area contributed by atoms with Crippen LogP contribution in [-0.2, 0) is 22.4 Å². The third kappa shape index (κ3) is 4.63. The summed E-state index contributed by atoms with van der Waals surface area (Å²) in [6, 6.07) is 12.3. The normalized spacial score (nSPS) is 20.5. The number of methoxy groups -OCH3 is 1. The number of pyridine rings is 1. The minimum Gasteiger partial charge on any atom is -0.379 e. The minimum atomic E-state index is -0.213. The molecule has 1 fully saturated rings. The molecule has 1 aromatic heterocycles. The van der Waals surface area contributed by atoms with Gasteiger partial charge in [-0.3, -0.25) is 9.78 Å². The van der Waals surface area contributed by atoms with Gasteiger partial charge in [-0.1, -0.05) is 18.2 Å². The largest absolute Gasteiger partial charge is 0.379 e. The molecule has 0 radical (unpaired) electrons. The van der Waals surface area contributed by atoms with Gasteiger partial charge in [0.15, 0.2) is 0 Å². The molecular weight excluding hydrogens is 319 g/mol. The Morgan fingerprint density at radius 2 is 2.20 bits per heavy atom. The van der Waals surface area contributed by atoms with E-state index >= 15 is 0 Å². The molecule has 1 saturated heterocycles. The first-order valence-corrected chi connectivity index (χ1v) is 8.60. The van der Waals surface area contributed by atoms with E-state index in [-0.39, 0.29) is 23.7 Å². The highest BCUT2D eigenvalue weighted by Gasteiger charge is 2.31. The second-order valence-electron chi connectivity index (χ2n) is 6.49. The molecule has 0 spiro atoms. The van der Waals surface area contributed by atoms with Crippen LogP contribution in [0.25, 0.3) is 0 Å². The summed E-state index contributed by atoms with van der Waals surface area (Å²) in [5.74, 6) is 0.144. The number of likely N-dealkylation sites (tertiary alicyclic amines) is 1. The number of nitrogens with zero attached hydrogens (tertiary/aromatic N) is 2. The van der Waals surface area contributed by atoms with Crippen LogP contribution in [0.4, 0.5) is 4.39 Å². The van der Waals surface area contributed by atoms with Crippen molar-refractivity contribution in [2.45, 2.75) is 25.4 Å². The molecule has 2 heterocycles. The van der Waals surface area contributed by atoms with Gasteiger partial charge in [-0.25, -0.2) is 4.39 Å². The molecule has 3 rings (SSSR count). The molecule has 2 atom stereocenters. The van der Waals surface area contributed by atoms with E-state index < -0.39 is 0 Å². The van der Waals surface area contributed by atoms with Crippen LogP contribution in [0.1, 0.15) is 17.7 Å². The molecule has 4 nitrogen and oxygen atoms in total. The fourth-order valence-electron chi connectivity index (χ4n) is 3.43. The van der Waals surface area contributed by atoms with Crippen LogP contribution < -0.4 is 0 Å². The average Bonchev–Trinajstić information content (AvgIpc) is 2.63. The number of benzene rings is 1. The van der Waals surface area contributed by atoms with E-state index in [1.54, 1.807) is 25.4 Å². The van der Waals surface area contributed by atoms with Gasteiger partial charge in [0.05, 0.1) is 12.5 Å². The van der Waals surface area contributed by atoms with Crippen LogP contribution in [0.2, 0.25) is 0 Å². The van der Waals surface area contributed by atoms with Gasteiger partial charge >= 0.3 is 0 Å². The lowest BCUT2D eigenvalue weighted by Crippen LogP contribution is -2.48. The van der Waals surface area contributed by atoms with Crippen molar-refractivity contribution in [1.82, 2.24) is 9.88 Å². The Balaban J connectivity index is 1.60. The molecular formula is C20H23FN2O2. The first kappa shape index (κ1) is 17.5. The lowest BCUT2D eigenvalue weighted by Gasteiger charge is -2.38. The molecule has 2 aromatic rings. The Bertz CT molecular complexity index is 708. The smallest absolute Gasteiger partial charge is 0.228 e. The quantitative estimate of drug-likeness (QED) is 0.839. The van der Waals surface area contributed by atoms with Gasteiger partial charge in [-0.2, -0.15) is 0 Å². The first-order valence-electron chi connectivity index (χ1n) is 8.60. The van der Waals surface area contributed by atoms with Gasteiger partial charge in [0.25, 0.3) is 0 Å². The molecule has 1 aromatic carbocycles. The Hall–Kier alpha value is -2.27. The molecule has 1 aliphatic rings. The van der Waals surface area contributed by atoms with Gasteiger partial charge in [0, 0.05) is 32.1 Å². The van der Waals surface area contributed by atoms with Crippen molar-refractivity contribution in [3.8, 4) is 0 Å². The molecule has 5 heteroatoms. The highest BCUT2D eigenvalue weighted by Crippen LogP contribution is 2.25. The summed E-state index contributed by atoms with van der Waals surface area (Å²) in [6.45, 7) is 1.27. The average molecular weight is 342 g/mol. The standard InChI is InChI=1S/C20H23FN2O2/c1-25-19-14-23(20(24)13-18-7-2-3-9-22-18)10-8-16(19)11-15-5-4-6-17(21)12-15/h2-7,9,12,16,19H,8,10-11,13-14H2,1H3/t16-,19+/m1/s1. The summed E-state index contributed by atoms with van der Waals surface area (Å²) < 4.78 is 19.0. The van der Waals surface area contributed by atoms with E-state index in [2.05, 4.69) is 4.98 Å². The van der Waals surface area contributed by atoms with Crippen LogP contribution in [0.3, 0.4) is 0 Å². The Labute approximate surface area is 147 Å². The lowest BCUT2D eigenvalue weighted by atomic mass is 9.87. The summed E-state index contributed by atoms with van der Waals surface area (Å²) in [7, 11) is 1.68. The van der Waals surface area contributed by atoms with Crippen molar-refractivity contribution in [1.29, 1.82) is 0 Å². The van der Waals surface area contributed by atoms with Crippen molar-refractivity contribution in [3.05, 3.63) is 65.7 Å².